The first-order chi connectivity index (χ1) is 8.59. The summed E-state index contributed by atoms with van der Waals surface area (Å²) in [6, 6.07) is 5.94. The summed E-state index contributed by atoms with van der Waals surface area (Å²) >= 11 is 0. The van der Waals surface area contributed by atoms with E-state index in [9.17, 15) is 13.2 Å². The number of rotatable bonds is 3. The standard InChI is InChI=1S/C15H18O3S/c1-15(2,3)11-5-6-14(16)12-7-9-13(10-8-12)19(4,17)18/h7-10H,6H2,1-4H3. The third-order valence-electron chi connectivity index (χ3n) is 2.32. The van der Waals surface area contributed by atoms with E-state index in [0.29, 0.717) is 5.56 Å². The average Bonchev–Trinajstić information content (AvgIpc) is 2.26. The fourth-order valence-electron chi connectivity index (χ4n) is 1.38. The first-order valence-electron chi connectivity index (χ1n) is 5.93. The monoisotopic (exact) mass is 278 g/mol. The van der Waals surface area contributed by atoms with E-state index in [1.165, 1.54) is 24.3 Å². The summed E-state index contributed by atoms with van der Waals surface area (Å²) < 4.78 is 22.6. The minimum Gasteiger partial charge on any atom is -0.293 e. The van der Waals surface area contributed by atoms with Gasteiger partial charge in [0, 0.05) is 17.2 Å². The maximum atomic E-state index is 11.8. The van der Waals surface area contributed by atoms with Crippen molar-refractivity contribution in [3.05, 3.63) is 29.8 Å². The van der Waals surface area contributed by atoms with Crippen LogP contribution in [0, 0.1) is 17.3 Å². The summed E-state index contributed by atoms with van der Waals surface area (Å²) in [5.41, 5.74) is 0.357. The van der Waals surface area contributed by atoms with Crippen LogP contribution in [-0.2, 0) is 9.84 Å². The van der Waals surface area contributed by atoms with Gasteiger partial charge in [-0.3, -0.25) is 4.79 Å². The molecule has 0 aliphatic carbocycles. The van der Waals surface area contributed by atoms with Crippen LogP contribution in [-0.4, -0.2) is 20.5 Å². The Bertz CT molecular complexity index is 621. The molecular weight excluding hydrogens is 260 g/mol. The first kappa shape index (κ1) is 15.5. The van der Waals surface area contributed by atoms with Crippen LogP contribution in [0.1, 0.15) is 37.6 Å². The second kappa shape index (κ2) is 5.58. The highest BCUT2D eigenvalue weighted by Crippen LogP contribution is 2.13. The molecule has 1 aromatic carbocycles. The van der Waals surface area contributed by atoms with Gasteiger partial charge in [0.05, 0.1) is 11.3 Å². The highest BCUT2D eigenvalue weighted by atomic mass is 32.2. The van der Waals surface area contributed by atoms with Crippen LogP contribution >= 0.6 is 0 Å². The highest BCUT2D eigenvalue weighted by molar-refractivity contribution is 7.90. The largest absolute Gasteiger partial charge is 0.293 e. The predicted molar refractivity (Wildman–Crippen MR) is 75.7 cm³/mol. The van der Waals surface area contributed by atoms with Crippen LogP contribution in [0.3, 0.4) is 0 Å². The van der Waals surface area contributed by atoms with Gasteiger partial charge in [-0.05, 0) is 32.9 Å². The van der Waals surface area contributed by atoms with Gasteiger partial charge >= 0.3 is 0 Å². The van der Waals surface area contributed by atoms with E-state index in [2.05, 4.69) is 11.8 Å². The molecule has 0 aliphatic rings. The Morgan fingerprint density at radius 2 is 1.68 bits per heavy atom. The van der Waals surface area contributed by atoms with Crippen molar-refractivity contribution in [3.8, 4) is 11.8 Å². The third-order valence-corrected chi connectivity index (χ3v) is 3.45. The molecule has 0 N–H and O–H groups in total. The van der Waals surface area contributed by atoms with Crippen molar-refractivity contribution in [2.75, 3.05) is 6.26 Å². The molecule has 4 heteroatoms. The van der Waals surface area contributed by atoms with Gasteiger partial charge in [0.1, 0.15) is 0 Å². The molecule has 0 saturated heterocycles. The molecule has 0 spiro atoms. The zero-order chi connectivity index (χ0) is 14.7. The van der Waals surface area contributed by atoms with E-state index in [1.807, 2.05) is 20.8 Å². The Morgan fingerprint density at radius 3 is 2.11 bits per heavy atom. The molecule has 0 aromatic heterocycles. The Kier molecular flexibility index (Phi) is 4.54. The van der Waals surface area contributed by atoms with E-state index in [1.54, 1.807) is 0 Å². The lowest BCUT2D eigenvalue weighted by atomic mass is 9.97. The number of Topliss-reactive ketones (excluding diaryl/α,β-unsaturated/α-hetero) is 1. The maximum Gasteiger partial charge on any atom is 0.175 e. The number of carbonyl (C=O) groups excluding carboxylic acids is 1. The third kappa shape index (κ3) is 5.27. The lowest BCUT2D eigenvalue weighted by Crippen LogP contribution is -2.02. The molecule has 0 saturated carbocycles. The van der Waals surface area contributed by atoms with Gasteiger partial charge in [-0.25, -0.2) is 8.42 Å². The van der Waals surface area contributed by atoms with Gasteiger partial charge in [-0.2, -0.15) is 0 Å². The fourth-order valence-corrected chi connectivity index (χ4v) is 2.01. The van der Waals surface area contributed by atoms with Gasteiger partial charge < -0.3 is 0 Å². The van der Waals surface area contributed by atoms with Gasteiger partial charge in [0.15, 0.2) is 15.6 Å². The Balaban J connectivity index is 2.82. The zero-order valence-corrected chi connectivity index (χ0v) is 12.5. The van der Waals surface area contributed by atoms with E-state index in [4.69, 9.17) is 0 Å². The molecular formula is C15H18O3S. The van der Waals surface area contributed by atoms with Crippen molar-refractivity contribution in [3.63, 3.8) is 0 Å². The topological polar surface area (TPSA) is 51.2 Å². The zero-order valence-electron chi connectivity index (χ0n) is 11.6. The molecule has 0 heterocycles. The highest BCUT2D eigenvalue weighted by Gasteiger charge is 2.09. The fraction of sp³-hybridized carbons (Fsp3) is 0.400. The second-order valence-corrected chi connectivity index (χ2v) is 7.46. The molecule has 1 aromatic rings. The van der Waals surface area contributed by atoms with E-state index >= 15 is 0 Å². The molecule has 3 nitrogen and oxygen atoms in total. The minimum absolute atomic E-state index is 0.100. The van der Waals surface area contributed by atoms with Crippen LogP contribution in [0.2, 0.25) is 0 Å². The van der Waals surface area contributed by atoms with Gasteiger partial charge in [-0.1, -0.05) is 24.0 Å². The Labute approximate surface area is 115 Å². The number of sulfone groups is 1. The van der Waals surface area contributed by atoms with Crippen molar-refractivity contribution >= 4 is 15.6 Å². The van der Waals surface area contributed by atoms with Crippen LogP contribution in [0.5, 0.6) is 0 Å². The molecule has 0 fully saturated rings. The van der Waals surface area contributed by atoms with E-state index < -0.39 is 9.84 Å². The molecule has 0 unspecified atom stereocenters. The molecule has 102 valence electrons. The second-order valence-electron chi connectivity index (χ2n) is 5.45. The molecule has 1 rings (SSSR count). The molecule has 0 radical (unpaired) electrons. The van der Waals surface area contributed by atoms with Crippen molar-refractivity contribution < 1.29 is 13.2 Å². The van der Waals surface area contributed by atoms with Crippen LogP contribution in [0.15, 0.2) is 29.2 Å². The van der Waals surface area contributed by atoms with Gasteiger partial charge in [-0.15, -0.1) is 0 Å². The smallest absolute Gasteiger partial charge is 0.175 e. The lowest BCUT2D eigenvalue weighted by Gasteiger charge is -2.06. The summed E-state index contributed by atoms with van der Waals surface area (Å²) in [6.07, 6.45) is 1.29. The van der Waals surface area contributed by atoms with Crippen molar-refractivity contribution in [2.24, 2.45) is 5.41 Å². The predicted octanol–water partition coefficient (Wildman–Crippen LogP) is 2.71. The lowest BCUT2D eigenvalue weighted by molar-refractivity contribution is 0.0998. The molecule has 0 aliphatic heterocycles. The normalized spacial score (nSPS) is 11.6. The average molecular weight is 278 g/mol. The summed E-state index contributed by atoms with van der Waals surface area (Å²) in [5.74, 6) is 5.74. The van der Waals surface area contributed by atoms with E-state index in [0.717, 1.165) is 6.26 Å². The summed E-state index contributed by atoms with van der Waals surface area (Å²) in [4.78, 5) is 12.1. The van der Waals surface area contributed by atoms with Gasteiger partial charge in [0.25, 0.3) is 0 Å². The van der Waals surface area contributed by atoms with Crippen LogP contribution in [0.25, 0.3) is 0 Å². The Morgan fingerprint density at radius 1 is 1.16 bits per heavy atom. The van der Waals surface area contributed by atoms with Crippen LogP contribution in [0.4, 0.5) is 0 Å². The van der Waals surface area contributed by atoms with Gasteiger partial charge in [0.2, 0.25) is 0 Å². The Hall–Kier alpha value is -1.60. The molecule has 0 atom stereocenters. The quantitative estimate of drug-likeness (QED) is 0.631. The maximum absolute atomic E-state index is 11.8. The summed E-state index contributed by atoms with van der Waals surface area (Å²) in [7, 11) is -3.22. The molecule has 0 bridgehead atoms. The molecule has 19 heavy (non-hydrogen) atoms. The molecule has 0 amide bonds. The summed E-state index contributed by atoms with van der Waals surface area (Å²) in [5, 5.41) is 0. The number of hydrogen-bond acceptors (Lipinski definition) is 3. The van der Waals surface area contributed by atoms with Crippen molar-refractivity contribution in [2.45, 2.75) is 32.1 Å². The van der Waals surface area contributed by atoms with Crippen molar-refractivity contribution in [1.29, 1.82) is 0 Å². The van der Waals surface area contributed by atoms with Crippen LogP contribution < -0.4 is 0 Å². The summed E-state index contributed by atoms with van der Waals surface area (Å²) in [6.45, 7) is 5.93. The number of benzene rings is 1. The number of carbonyl (C=O) groups is 1. The van der Waals surface area contributed by atoms with Crippen molar-refractivity contribution in [1.82, 2.24) is 0 Å². The number of hydrogen-bond donors (Lipinski definition) is 0. The SMILES string of the molecule is CC(C)(C)C#CCC(=O)c1ccc(S(C)(=O)=O)cc1. The first-order valence-corrected chi connectivity index (χ1v) is 7.82. The number of ketones is 1. The van der Waals surface area contributed by atoms with E-state index in [-0.39, 0.29) is 22.5 Å². The minimum atomic E-state index is -3.22.